The third-order valence-electron chi connectivity index (χ3n) is 2.14. The molecule has 1 rings (SSSR count). The molecule has 0 saturated heterocycles. The Kier molecular flexibility index (Phi) is 5.92. The molecule has 80 valence electrons. The zero-order chi connectivity index (χ0) is 10.9. The van der Waals surface area contributed by atoms with Crippen LogP contribution >= 0.6 is 11.6 Å². The van der Waals surface area contributed by atoms with Crippen molar-refractivity contribution in [3.63, 3.8) is 0 Å². The fraction of sp³-hybridized carbons (Fsp3) is 0.385. The highest BCUT2D eigenvalue weighted by molar-refractivity contribution is 6.30. The van der Waals surface area contributed by atoms with Gasteiger partial charge in [0.25, 0.3) is 0 Å². The van der Waals surface area contributed by atoms with E-state index in [1.54, 1.807) is 0 Å². The number of rotatable bonds is 6. The molecule has 1 aromatic rings. The summed E-state index contributed by atoms with van der Waals surface area (Å²) >= 11 is 5.88. The fourth-order valence-corrected chi connectivity index (χ4v) is 1.57. The quantitative estimate of drug-likeness (QED) is 0.575. The smallest absolute Gasteiger partial charge is 0.0409 e. The Morgan fingerprint density at radius 1 is 1.33 bits per heavy atom. The highest BCUT2D eigenvalue weighted by atomic mass is 35.5. The lowest BCUT2D eigenvalue weighted by Crippen LogP contribution is -2.14. The SMILES string of the molecule is C#CCCCCNCc1cccc(Cl)c1. The van der Waals surface area contributed by atoms with Gasteiger partial charge >= 0.3 is 0 Å². The maximum Gasteiger partial charge on any atom is 0.0409 e. The van der Waals surface area contributed by atoms with Crippen LogP contribution in [0.1, 0.15) is 24.8 Å². The summed E-state index contributed by atoms with van der Waals surface area (Å²) in [6, 6.07) is 7.91. The van der Waals surface area contributed by atoms with Gasteiger partial charge in [0.15, 0.2) is 0 Å². The first-order chi connectivity index (χ1) is 7.33. The monoisotopic (exact) mass is 221 g/mol. The molecule has 0 heterocycles. The van der Waals surface area contributed by atoms with E-state index in [-0.39, 0.29) is 0 Å². The van der Waals surface area contributed by atoms with Crippen molar-refractivity contribution in [2.75, 3.05) is 6.54 Å². The van der Waals surface area contributed by atoms with E-state index in [2.05, 4.69) is 17.3 Å². The van der Waals surface area contributed by atoms with Gasteiger partial charge in [-0.05, 0) is 37.1 Å². The van der Waals surface area contributed by atoms with Gasteiger partial charge in [-0.2, -0.15) is 0 Å². The van der Waals surface area contributed by atoms with Crippen molar-refractivity contribution in [3.05, 3.63) is 34.9 Å². The minimum absolute atomic E-state index is 0.793. The lowest BCUT2D eigenvalue weighted by Gasteiger charge is -2.04. The molecule has 0 aliphatic heterocycles. The van der Waals surface area contributed by atoms with Gasteiger partial charge in [0.2, 0.25) is 0 Å². The molecule has 0 aromatic heterocycles. The number of benzene rings is 1. The van der Waals surface area contributed by atoms with Gasteiger partial charge < -0.3 is 5.32 Å². The average molecular weight is 222 g/mol. The van der Waals surface area contributed by atoms with Crippen LogP contribution in [0.4, 0.5) is 0 Å². The zero-order valence-electron chi connectivity index (χ0n) is 8.80. The lowest BCUT2D eigenvalue weighted by atomic mass is 10.2. The molecule has 0 saturated carbocycles. The molecule has 1 aromatic carbocycles. The first-order valence-electron chi connectivity index (χ1n) is 5.21. The van der Waals surface area contributed by atoms with Crippen molar-refractivity contribution in [3.8, 4) is 12.3 Å². The van der Waals surface area contributed by atoms with Crippen LogP contribution < -0.4 is 5.32 Å². The van der Waals surface area contributed by atoms with Crippen molar-refractivity contribution in [1.82, 2.24) is 5.32 Å². The van der Waals surface area contributed by atoms with E-state index in [1.165, 1.54) is 5.56 Å². The number of hydrogen-bond donors (Lipinski definition) is 1. The first-order valence-corrected chi connectivity index (χ1v) is 5.59. The largest absolute Gasteiger partial charge is 0.313 e. The van der Waals surface area contributed by atoms with Gasteiger partial charge in [0, 0.05) is 18.0 Å². The van der Waals surface area contributed by atoms with Crippen LogP contribution in [0.3, 0.4) is 0 Å². The number of halogens is 1. The van der Waals surface area contributed by atoms with Crippen molar-refractivity contribution >= 4 is 11.6 Å². The highest BCUT2D eigenvalue weighted by Gasteiger charge is 1.93. The molecule has 0 bridgehead atoms. The maximum atomic E-state index is 5.88. The maximum absolute atomic E-state index is 5.88. The van der Waals surface area contributed by atoms with Crippen LogP contribution in [0.15, 0.2) is 24.3 Å². The standard InChI is InChI=1S/C13H16ClN/c1-2-3-4-5-9-15-11-12-7-6-8-13(14)10-12/h1,6-8,10,15H,3-5,9,11H2. The Hall–Kier alpha value is -0.970. The second-order valence-corrected chi connectivity index (χ2v) is 3.90. The van der Waals surface area contributed by atoms with Gasteiger partial charge in [-0.15, -0.1) is 12.3 Å². The Balaban J connectivity index is 2.13. The van der Waals surface area contributed by atoms with Gasteiger partial charge in [0.1, 0.15) is 0 Å². The summed E-state index contributed by atoms with van der Waals surface area (Å²) in [6.45, 7) is 1.88. The van der Waals surface area contributed by atoms with Gasteiger partial charge in [-0.3, -0.25) is 0 Å². The summed E-state index contributed by atoms with van der Waals surface area (Å²) in [4.78, 5) is 0. The van der Waals surface area contributed by atoms with Crippen molar-refractivity contribution in [1.29, 1.82) is 0 Å². The molecule has 0 radical (unpaired) electrons. The van der Waals surface area contributed by atoms with Gasteiger partial charge in [-0.1, -0.05) is 23.7 Å². The fourth-order valence-electron chi connectivity index (χ4n) is 1.36. The second kappa shape index (κ2) is 7.34. The topological polar surface area (TPSA) is 12.0 Å². The van der Waals surface area contributed by atoms with Crippen molar-refractivity contribution in [2.24, 2.45) is 0 Å². The molecule has 0 spiro atoms. The summed E-state index contributed by atoms with van der Waals surface area (Å²) in [5, 5.41) is 4.15. The summed E-state index contributed by atoms with van der Waals surface area (Å²) < 4.78 is 0. The predicted molar refractivity (Wildman–Crippen MR) is 65.8 cm³/mol. The zero-order valence-corrected chi connectivity index (χ0v) is 9.56. The molecule has 0 atom stereocenters. The van der Waals surface area contributed by atoms with Crippen LogP contribution in [0, 0.1) is 12.3 Å². The third-order valence-corrected chi connectivity index (χ3v) is 2.38. The van der Waals surface area contributed by atoms with Crippen LogP contribution in [0.2, 0.25) is 5.02 Å². The van der Waals surface area contributed by atoms with E-state index in [0.717, 1.165) is 37.4 Å². The molecule has 0 aliphatic rings. The Morgan fingerprint density at radius 3 is 2.93 bits per heavy atom. The lowest BCUT2D eigenvalue weighted by molar-refractivity contribution is 0.630. The summed E-state index contributed by atoms with van der Waals surface area (Å²) in [5.41, 5.74) is 1.22. The van der Waals surface area contributed by atoms with Crippen molar-refractivity contribution in [2.45, 2.75) is 25.8 Å². The summed E-state index contributed by atoms with van der Waals surface area (Å²) in [5.74, 6) is 2.64. The molecule has 1 N–H and O–H groups in total. The van der Waals surface area contributed by atoms with Gasteiger partial charge in [-0.25, -0.2) is 0 Å². The molecule has 0 unspecified atom stereocenters. The first kappa shape index (κ1) is 12.1. The van der Waals surface area contributed by atoms with Crippen LogP contribution in [0.5, 0.6) is 0 Å². The highest BCUT2D eigenvalue weighted by Crippen LogP contribution is 2.10. The Labute approximate surface area is 96.8 Å². The Morgan fingerprint density at radius 2 is 2.20 bits per heavy atom. The molecular weight excluding hydrogens is 206 g/mol. The van der Waals surface area contributed by atoms with E-state index in [9.17, 15) is 0 Å². The molecule has 0 fully saturated rings. The minimum Gasteiger partial charge on any atom is -0.313 e. The van der Waals surface area contributed by atoms with Crippen LogP contribution in [-0.2, 0) is 6.54 Å². The summed E-state index contributed by atoms with van der Waals surface area (Å²) in [6.07, 6.45) is 8.27. The number of terminal acetylenes is 1. The number of hydrogen-bond acceptors (Lipinski definition) is 1. The van der Waals surface area contributed by atoms with Crippen LogP contribution in [-0.4, -0.2) is 6.54 Å². The van der Waals surface area contributed by atoms with E-state index < -0.39 is 0 Å². The molecule has 2 heteroatoms. The van der Waals surface area contributed by atoms with Crippen LogP contribution in [0.25, 0.3) is 0 Å². The van der Waals surface area contributed by atoms with E-state index in [1.807, 2.05) is 18.2 Å². The predicted octanol–water partition coefficient (Wildman–Crippen LogP) is 3.23. The molecule has 1 nitrogen and oxygen atoms in total. The minimum atomic E-state index is 0.793. The third kappa shape index (κ3) is 5.47. The molecule has 15 heavy (non-hydrogen) atoms. The van der Waals surface area contributed by atoms with Crippen molar-refractivity contribution < 1.29 is 0 Å². The van der Waals surface area contributed by atoms with E-state index in [4.69, 9.17) is 18.0 Å². The summed E-state index contributed by atoms with van der Waals surface area (Å²) in [7, 11) is 0. The number of nitrogens with one attached hydrogen (secondary N) is 1. The second-order valence-electron chi connectivity index (χ2n) is 3.47. The molecule has 0 aliphatic carbocycles. The molecular formula is C13H16ClN. The molecule has 0 amide bonds. The van der Waals surface area contributed by atoms with Gasteiger partial charge in [0.05, 0.1) is 0 Å². The van der Waals surface area contributed by atoms with E-state index >= 15 is 0 Å². The Bertz CT molecular complexity index is 328. The van der Waals surface area contributed by atoms with E-state index in [0.29, 0.717) is 0 Å². The number of unbranched alkanes of at least 4 members (excludes halogenated alkanes) is 2. The normalized spacial score (nSPS) is 9.87. The average Bonchev–Trinajstić information content (AvgIpc) is 2.23.